The molecule has 0 radical (unpaired) electrons. The molecule has 5 nitrogen and oxygen atoms in total. The normalized spacial score (nSPS) is 9.95. The quantitative estimate of drug-likeness (QED) is 0.852. The number of para-hydroxylation sites is 1. The molecule has 0 aliphatic heterocycles. The number of aromatic nitrogens is 1. The molecule has 1 heterocycles. The topological polar surface area (TPSA) is 77.2 Å². The number of carbonyl (C=O) groups is 1. The highest BCUT2D eigenvalue weighted by Gasteiger charge is 2.06. The molecule has 0 atom stereocenters. The van der Waals surface area contributed by atoms with Crippen molar-refractivity contribution in [1.29, 1.82) is 0 Å². The van der Waals surface area contributed by atoms with E-state index in [1.165, 1.54) is 0 Å². The van der Waals surface area contributed by atoms with Gasteiger partial charge in [-0.1, -0.05) is 18.2 Å². The lowest BCUT2D eigenvalue weighted by Crippen LogP contribution is -2.20. The minimum atomic E-state index is -0.236. The van der Waals surface area contributed by atoms with E-state index in [-0.39, 0.29) is 12.5 Å². The summed E-state index contributed by atoms with van der Waals surface area (Å²) in [7, 11) is 0. The zero-order valence-corrected chi connectivity index (χ0v) is 10.4. The van der Waals surface area contributed by atoms with Crippen molar-refractivity contribution < 1.29 is 9.53 Å². The van der Waals surface area contributed by atoms with Crippen molar-refractivity contribution in [3.05, 3.63) is 54.4 Å². The van der Waals surface area contributed by atoms with Crippen molar-refractivity contribution in [2.45, 2.75) is 6.54 Å². The molecule has 0 fully saturated rings. The van der Waals surface area contributed by atoms with Crippen molar-refractivity contribution in [3.8, 4) is 5.75 Å². The zero-order chi connectivity index (χ0) is 13.5. The summed E-state index contributed by atoms with van der Waals surface area (Å²) in [5, 5.41) is 2.69. The SMILES string of the molecule is NCc1ccccc1OCC(=O)Nc1cccnc1. The average molecular weight is 257 g/mol. The fourth-order valence-electron chi connectivity index (χ4n) is 1.59. The van der Waals surface area contributed by atoms with Gasteiger partial charge in [0.25, 0.3) is 5.91 Å². The number of hydrogen-bond acceptors (Lipinski definition) is 4. The number of benzene rings is 1. The summed E-state index contributed by atoms with van der Waals surface area (Å²) in [6, 6.07) is 10.9. The van der Waals surface area contributed by atoms with Gasteiger partial charge in [-0.2, -0.15) is 0 Å². The van der Waals surface area contributed by atoms with Gasteiger partial charge >= 0.3 is 0 Å². The van der Waals surface area contributed by atoms with E-state index in [1.807, 2.05) is 18.2 Å². The van der Waals surface area contributed by atoms with E-state index in [0.717, 1.165) is 5.56 Å². The molecule has 0 saturated heterocycles. The molecule has 3 N–H and O–H groups in total. The summed E-state index contributed by atoms with van der Waals surface area (Å²) in [5.41, 5.74) is 7.11. The van der Waals surface area contributed by atoms with Crippen LogP contribution in [-0.2, 0) is 11.3 Å². The average Bonchev–Trinajstić information content (AvgIpc) is 2.46. The van der Waals surface area contributed by atoms with Crippen LogP contribution in [0.4, 0.5) is 5.69 Å². The van der Waals surface area contributed by atoms with E-state index in [4.69, 9.17) is 10.5 Å². The molecule has 0 bridgehead atoms. The molecular formula is C14H15N3O2. The van der Waals surface area contributed by atoms with E-state index in [9.17, 15) is 4.79 Å². The maximum atomic E-state index is 11.7. The number of ether oxygens (including phenoxy) is 1. The summed E-state index contributed by atoms with van der Waals surface area (Å²) < 4.78 is 5.45. The first-order chi connectivity index (χ1) is 9.29. The van der Waals surface area contributed by atoms with Crippen LogP contribution < -0.4 is 15.8 Å². The highest BCUT2D eigenvalue weighted by atomic mass is 16.5. The Bertz CT molecular complexity index is 543. The monoisotopic (exact) mass is 257 g/mol. The fraction of sp³-hybridized carbons (Fsp3) is 0.143. The Balaban J connectivity index is 1.90. The number of hydrogen-bond donors (Lipinski definition) is 2. The number of nitrogens with two attached hydrogens (primary N) is 1. The molecule has 98 valence electrons. The Morgan fingerprint density at radius 3 is 2.84 bits per heavy atom. The van der Waals surface area contributed by atoms with Crippen LogP contribution in [0.25, 0.3) is 0 Å². The Labute approximate surface area is 111 Å². The lowest BCUT2D eigenvalue weighted by molar-refractivity contribution is -0.118. The van der Waals surface area contributed by atoms with Crippen LogP contribution in [0.5, 0.6) is 5.75 Å². The highest BCUT2D eigenvalue weighted by molar-refractivity contribution is 5.91. The largest absolute Gasteiger partial charge is 0.483 e. The van der Waals surface area contributed by atoms with Gasteiger partial charge in [0.05, 0.1) is 11.9 Å². The smallest absolute Gasteiger partial charge is 0.262 e. The van der Waals surface area contributed by atoms with E-state index in [1.54, 1.807) is 30.6 Å². The van der Waals surface area contributed by atoms with Crippen LogP contribution in [0.2, 0.25) is 0 Å². The van der Waals surface area contributed by atoms with Gasteiger partial charge in [-0.3, -0.25) is 9.78 Å². The van der Waals surface area contributed by atoms with Gasteiger partial charge in [0, 0.05) is 18.3 Å². The van der Waals surface area contributed by atoms with Crippen LogP contribution in [-0.4, -0.2) is 17.5 Å². The number of nitrogens with zero attached hydrogens (tertiary/aromatic N) is 1. The van der Waals surface area contributed by atoms with Crippen LogP contribution >= 0.6 is 0 Å². The minimum absolute atomic E-state index is 0.0636. The molecule has 2 aromatic rings. The first-order valence-electron chi connectivity index (χ1n) is 5.90. The van der Waals surface area contributed by atoms with Crippen LogP contribution in [0.1, 0.15) is 5.56 Å². The van der Waals surface area contributed by atoms with E-state index in [0.29, 0.717) is 18.0 Å². The van der Waals surface area contributed by atoms with E-state index in [2.05, 4.69) is 10.3 Å². The first kappa shape index (κ1) is 13.0. The molecule has 0 aliphatic carbocycles. The lowest BCUT2D eigenvalue weighted by Gasteiger charge is -2.10. The molecule has 1 aromatic heterocycles. The summed E-state index contributed by atoms with van der Waals surface area (Å²) in [6.07, 6.45) is 3.22. The molecular weight excluding hydrogens is 242 g/mol. The van der Waals surface area contributed by atoms with Gasteiger partial charge in [-0.05, 0) is 18.2 Å². The Morgan fingerprint density at radius 2 is 2.11 bits per heavy atom. The second-order valence-corrected chi connectivity index (χ2v) is 3.89. The van der Waals surface area contributed by atoms with Gasteiger partial charge in [-0.25, -0.2) is 0 Å². The van der Waals surface area contributed by atoms with Crippen molar-refractivity contribution in [3.63, 3.8) is 0 Å². The molecule has 19 heavy (non-hydrogen) atoms. The maximum Gasteiger partial charge on any atom is 0.262 e. The molecule has 2 rings (SSSR count). The van der Waals surface area contributed by atoms with E-state index >= 15 is 0 Å². The van der Waals surface area contributed by atoms with Crippen LogP contribution in [0.3, 0.4) is 0 Å². The summed E-state index contributed by atoms with van der Waals surface area (Å²) in [5.74, 6) is 0.395. The lowest BCUT2D eigenvalue weighted by atomic mass is 10.2. The fourth-order valence-corrected chi connectivity index (χ4v) is 1.59. The van der Waals surface area contributed by atoms with Crippen molar-refractivity contribution >= 4 is 11.6 Å². The Kier molecular flexibility index (Phi) is 4.47. The van der Waals surface area contributed by atoms with Crippen molar-refractivity contribution in [2.75, 3.05) is 11.9 Å². The van der Waals surface area contributed by atoms with E-state index < -0.39 is 0 Å². The van der Waals surface area contributed by atoms with Crippen molar-refractivity contribution in [1.82, 2.24) is 4.98 Å². The molecule has 0 saturated carbocycles. The van der Waals surface area contributed by atoms with Gasteiger partial charge < -0.3 is 15.8 Å². The maximum absolute atomic E-state index is 11.7. The summed E-state index contributed by atoms with van der Waals surface area (Å²) in [4.78, 5) is 15.6. The zero-order valence-electron chi connectivity index (χ0n) is 10.4. The second kappa shape index (κ2) is 6.51. The molecule has 5 heteroatoms. The van der Waals surface area contributed by atoms with Gasteiger partial charge in [0.1, 0.15) is 5.75 Å². The number of amides is 1. The Hall–Kier alpha value is -2.40. The Morgan fingerprint density at radius 1 is 1.26 bits per heavy atom. The number of carbonyl (C=O) groups excluding carboxylic acids is 1. The number of anilines is 1. The predicted molar refractivity (Wildman–Crippen MR) is 72.7 cm³/mol. The van der Waals surface area contributed by atoms with Crippen LogP contribution in [0.15, 0.2) is 48.8 Å². The van der Waals surface area contributed by atoms with Gasteiger partial charge in [0.15, 0.2) is 6.61 Å². The standard InChI is InChI=1S/C14H15N3O2/c15-8-11-4-1-2-6-13(11)19-10-14(18)17-12-5-3-7-16-9-12/h1-7,9H,8,10,15H2,(H,17,18). The minimum Gasteiger partial charge on any atom is -0.483 e. The molecule has 1 amide bonds. The molecule has 1 aromatic carbocycles. The highest BCUT2D eigenvalue weighted by Crippen LogP contribution is 2.16. The van der Waals surface area contributed by atoms with Gasteiger partial charge in [-0.15, -0.1) is 0 Å². The molecule has 0 unspecified atom stereocenters. The molecule has 0 aliphatic rings. The number of rotatable bonds is 5. The van der Waals surface area contributed by atoms with Gasteiger partial charge in [0.2, 0.25) is 0 Å². The first-order valence-corrected chi connectivity index (χ1v) is 5.90. The third-order valence-corrected chi connectivity index (χ3v) is 2.50. The summed E-state index contributed by atoms with van der Waals surface area (Å²) in [6.45, 7) is 0.312. The third kappa shape index (κ3) is 3.79. The van der Waals surface area contributed by atoms with Crippen LogP contribution in [0, 0.1) is 0 Å². The molecule has 0 spiro atoms. The summed E-state index contributed by atoms with van der Waals surface area (Å²) >= 11 is 0. The number of pyridine rings is 1. The predicted octanol–water partition coefficient (Wildman–Crippen LogP) is 1.56. The third-order valence-electron chi connectivity index (χ3n) is 2.50. The second-order valence-electron chi connectivity index (χ2n) is 3.89. The van der Waals surface area contributed by atoms with Crippen molar-refractivity contribution in [2.24, 2.45) is 5.73 Å². The number of nitrogens with one attached hydrogen (secondary N) is 1.